The Morgan fingerprint density at radius 3 is 2.88 bits per heavy atom. The molecule has 4 heterocycles. The Kier molecular flexibility index (Phi) is 3.43. The van der Waals surface area contributed by atoms with Crippen molar-refractivity contribution in [3.8, 4) is 0 Å². The van der Waals surface area contributed by atoms with E-state index >= 15 is 0 Å². The first-order chi connectivity index (χ1) is 12.1. The van der Waals surface area contributed by atoms with Gasteiger partial charge in [0.25, 0.3) is 0 Å². The molecule has 128 valence electrons. The van der Waals surface area contributed by atoms with E-state index in [0.717, 1.165) is 40.0 Å². The maximum atomic E-state index is 5.29. The molecule has 0 unspecified atom stereocenters. The predicted molar refractivity (Wildman–Crippen MR) is 104 cm³/mol. The molecule has 0 atom stereocenters. The first-order valence-corrected chi connectivity index (χ1v) is 10.0. The van der Waals surface area contributed by atoms with Gasteiger partial charge in [-0.05, 0) is 61.4 Å². The van der Waals surface area contributed by atoms with Crippen LogP contribution in [-0.4, -0.2) is 24.6 Å². The molecule has 5 nitrogen and oxygen atoms in total. The quantitative estimate of drug-likeness (QED) is 0.524. The van der Waals surface area contributed by atoms with Crippen molar-refractivity contribution in [1.82, 2.24) is 24.6 Å². The number of pyridine rings is 1. The minimum absolute atomic E-state index is 0.581. The standard InChI is InChI=1S/C18H19N5S2/c1-9(2)7-12-10-5-3-4-6-11(10)13-14-15(25-17(13)20-12)16-21-22-18(24)23(16)8-19-14/h8-9H,3-7H2,1-2H3,(H,22,24). The number of nitrogens with zero attached hydrogens (tertiary/aromatic N) is 4. The second-order valence-electron chi connectivity index (χ2n) is 7.25. The van der Waals surface area contributed by atoms with Crippen molar-refractivity contribution in [2.24, 2.45) is 5.92 Å². The lowest BCUT2D eigenvalue weighted by atomic mass is 9.87. The molecule has 0 amide bonds. The lowest BCUT2D eigenvalue weighted by Gasteiger charge is -2.20. The minimum Gasteiger partial charge on any atom is -0.257 e. The van der Waals surface area contributed by atoms with Gasteiger partial charge in [0.15, 0.2) is 5.65 Å². The van der Waals surface area contributed by atoms with Gasteiger partial charge >= 0.3 is 0 Å². The van der Waals surface area contributed by atoms with Crippen LogP contribution in [-0.2, 0) is 19.3 Å². The van der Waals surface area contributed by atoms with Crippen LogP contribution in [0.5, 0.6) is 0 Å². The lowest BCUT2D eigenvalue weighted by molar-refractivity contribution is 0.615. The van der Waals surface area contributed by atoms with Crippen LogP contribution in [0.1, 0.15) is 43.5 Å². The van der Waals surface area contributed by atoms with E-state index in [1.807, 2.05) is 4.40 Å². The molecule has 5 rings (SSSR count). The molecule has 0 aromatic carbocycles. The van der Waals surface area contributed by atoms with Crippen LogP contribution in [0.3, 0.4) is 0 Å². The Hall–Kier alpha value is -1.86. The number of aromatic amines is 1. The van der Waals surface area contributed by atoms with E-state index in [1.54, 1.807) is 17.7 Å². The molecule has 0 aliphatic heterocycles. The molecule has 1 N–H and O–H groups in total. The highest BCUT2D eigenvalue weighted by molar-refractivity contribution is 7.71. The number of hydrogen-bond donors (Lipinski definition) is 1. The molecule has 1 aliphatic carbocycles. The van der Waals surface area contributed by atoms with Gasteiger partial charge < -0.3 is 0 Å². The van der Waals surface area contributed by atoms with E-state index in [2.05, 4.69) is 24.0 Å². The third-order valence-electron chi connectivity index (χ3n) is 5.03. The number of rotatable bonds is 2. The second kappa shape index (κ2) is 5.57. The van der Waals surface area contributed by atoms with E-state index in [9.17, 15) is 0 Å². The highest BCUT2D eigenvalue weighted by Crippen LogP contribution is 2.40. The van der Waals surface area contributed by atoms with Crippen molar-refractivity contribution < 1.29 is 0 Å². The summed E-state index contributed by atoms with van der Waals surface area (Å²) in [5.41, 5.74) is 6.13. The zero-order valence-corrected chi connectivity index (χ0v) is 15.9. The fraction of sp³-hybridized carbons (Fsp3) is 0.444. The van der Waals surface area contributed by atoms with Gasteiger partial charge in [0.2, 0.25) is 4.77 Å². The van der Waals surface area contributed by atoms with E-state index in [-0.39, 0.29) is 0 Å². The van der Waals surface area contributed by atoms with Gasteiger partial charge in [-0.25, -0.2) is 9.97 Å². The fourth-order valence-electron chi connectivity index (χ4n) is 3.97. The molecule has 1 aliphatic rings. The van der Waals surface area contributed by atoms with Crippen LogP contribution in [0.4, 0.5) is 0 Å². The molecule has 0 bridgehead atoms. The minimum atomic E-state index is 0.581. The van der Waals surface area contributed by atoms with Gasteiger partial charge in [0.1, 0.15) is 15.9 Å². The summed E-state index contributed by atoms with van der Waals surface area (Å²) in [6.07, 6.45) is 7.62. The molecule has 4 aromatic heterocycles. The predicted octanol–water partition coefficient (Wildman–Crippen LogP) is 4.63. The molecule has 4 aromatic rings. The maximum Gasteiger partial charge on any atom is 0.200 e. The number of nitrogens with one attached hydrogen (secondary N) is 1. The molecular formula is C18H19N5S2. The summed E-state index contributed by atoms with van der Waals surface area (Å²) in [7, 11) is 0. The number of aryl methyl sites for hydroxylation is 1. The Morgan fingerprint density at radius 1 is 1.28 bits per heavy atom. The zero-order chi connectivity index (χ0) is 17.1. The summed E-state index contributed by atoms with van der Waals surface area (Å²) in [6.45, 7) is 4.53. The molecule has 25 heavy (non-hydrogen) atoms. The molecule has 0 spiro atoms. The van der Waals surface area contributed by atoms with Gasteiger partial charge in [-0.2, -0.15) is 5.10 Å². The van der Waals surface area contributed by atoms with Crippen molar-refractivity contribution in [1.29, 1.82) is 0 Å². The van der Waals surface area contributed by atoms with Gasteiger partial charge in [0.05, 0.1) is 5.52 Å². The third-order valence-corrected chi connectivity index (χ3v) is 6.39. The molecule has 0 radical (unpaired) electrons. The normalized spacial score (nSPS) is 14.8. The average molecular weight is 370 g/mol. The van der Waals surface area contributed by atoms with Crippen LogP contribution in [0.25, 0.3) is 26.1 Å². The van der Waals surface area contributed by atoms with Crippen molar-refractivity contribution in [3.05, 3.63) is 27.9 Å². The second-order valence-corrected chi connectivity index (χ2v) is 8.63. The lowest BCUT2D eigenvalue weighted by Crippen LogP contribution is -2.11. The Morgan fingerprint density at radius 2 is 2.08 bits per heavy atom. The summed E-state index contributed by atoms with van der Waals surface area (Å²) in [5.74, 6) is 0.611. The van der Waals surface area contributed by atoms with Gasteiger partial charge in [-0.15, -0.1) is 11.3 Å². The number of fused-ring (bicyclic) bond motifs is 7. The molecule has 7 heteroatoms. The smallest absolute Gasteiger partial charge is 0.200 e. The van der Waals surface area contributed by atoms with Crippen molar-refractivity contribution in [2.45, 2.75) is 46.0 Å². The fourth-order valence-corrected chi connectivity index (χ4v) is 5.31. The highest BCUT2D eigenvalue weighted by Gasteiger charge is 2.23. The van der Waals surface area contributed by atoms with Gasteiger partial charge in [-0.1, -0.05) is 13.8 Å². The topological polar surface area (TPSA) is 58.9 Å². The summed E-state index contributed by atoms with van der Waals surface area (Å²) >= 11 is 6.99. The van der Waals surface area contributed by atoms with Crippen LogP contribution >= 0.6 is 23.6 Å². The average Bonchev–Trinajstić information content (AvgIpc) is 3.15. The van der Waals surface area contributed by atoms with E-state index in [1.165, 1.54) is 35.0 Å². The Bertz CT molecular complexity index is 1180. The van der Waals surface area contributed by atoms with E-state index in [0.29, 0.717) is 10.7 Å². The molecule has 0 fully saturated rings. The molecule has 0 saturated heterocycles. The maximum absolute atomic E-state index is 5.29. The summed E-state index contributed by atoms with van der Waals surface area (Å²) in [6, 6.07) is 0. The molecule has 0 saturated carbocycles. The van der Waals surface area contributed by atoms with E-state index < -0.39 is 0 Å². The first kappa shape index (κ1) is 15.4. The van der Waals surface area contributed by atoms with Crippen molar-refractivity contribution >= 4 is 49.6 Å². The van der Waals surface area contributed by atoms with Crippen molar-refractivity contribution in [3.63, 3.8) is 0 Å². The highest BCUT2D eigenvalue weighted by atomic mass is 32.1. The van der Waals surface area contributed by atoms with Crippen molar-refractivity contribution in [2.75, 3.05) is 0 Å². The summed E-state index contributed by atoms with van der Waals surface area (Å²) in [4.78, 5) is 10.9. The molecular weight excluding hydrogens is 350 g/mol. The monoisotopic (exact) mass is 369 g/mol. The Labute approximate surface area is 154 Å². The van der Waals surface area contributed by atoms with E-state index in [4.69, 9.17) is 22.2 Å². The Balaban J connectivity index is 1.91. The van der Waals surface area contributed by atoms with Gasteiger partial charge in [0, 0.05) is 11.1 Å². The third kappa shape index (κ3) is 2.25. The first-order valence-electron chi connectivity index (χ1n) is 8.82. The largest absolute Gasteiger partial charge is 0.257 e. The van der Waals surface area contributed by atoms with Crippen LogP contribution < -0.4 is 0 Å². The number of hydrogen-bond acceptors (Lipinski definition) is 5. The number of aromatic nitrogens is 5. The number of H-pyrrole nitrogens is 1. The summed E-state index contributed by atoms with van der Waals surface area (Å²) < 4.78 is 3.50. The van der Waals surface area contributed by atoms with Gasteiger partial charge in [-0.3, -0.25) is 9.50 Å². The summed E-state index contributed by atoms with van der Waals surface area (Å²) in [5, 5.41) is 8.54. The van der Waals surface area contributed by atoms with Crippen LogP contribution in [0.2, 0.25) is 0 Å². The zero-order valence-electron chi connectivity index (χ0n) is 14.3. The SMILES string of the molecule is CC(C)Cc1nc2sc3c(ncn4c(=S)[nH]nc34)c2c2c1CCCC2. The number of thiophene rings is 1. The van der Waals surface area contributed by atoms with Crippen LogP contribution in [0, 0.1) is 10.7 Å². The van der Waals surface area contributed by atoms with Crippen LogP contribution in [0.15, 0.2) is 6.33 Å².